The third-order valence-electron chi connectivity index (χ3n) is 4.63. The van der Waals surface area contributed by atoms with E-state index in [1.165, 1.54) is 4.90 Å². The number of halogens is 3. The van der Waals surface area contributed by atoms with E-state index < -0.39 is 35.0 Å². The van der Waals surface area contributed by atoms with Gasteiger partial charge in [-0.2, -0.15) is 0 Å². The molecule has 1 N–H and O–H groups in total. The summed E-state index contributed by atoms with van der Waals surface area (Å²) in [5.74, 6) is -5.14. The molecule has 6 nitrogen and oxygen atoms in total. The van der Waals surface area contributed by atoms with Crippen LogP contribution >= 0.6 is 0 Å². The maximum absolute atomic E-state index is 13.8. The lowest BCUT2D eigenvalue weighted by molar-refractivity contribution is -0.122. The first-order valence-electron chi connectivity index (χ1n) is 8.58. The highest BCUT2D eigenvalue weighted by Gasteiger charge is 2.36. The Morgan fingerprint density at radius 2 is 1.79 bits per heavy atom. The Bertz CT molecular complexity index is 966. The maximum atomic E-state index is 13.8. The third-order valence-corrected chi connectivity index (χ3v) is 4.63. The Kier molecular flexibility index (Phi) is 4.58. The largest absolute Gasteiger partial charge is 0.486 e. The first-order chi connectivity index (χ1) is 13.4. The average molecular weight is 392 g/mol. The maximum Gasteiger partial charge on any atom is 0.229 e. The van der Waals surface area contributed by atoms with Crippen LogP contribution in [0.3, 0.4) is 0 Å². The molecule has 1 saturated heterocycles. The summed E-state index contributed by atoms with van der Waals surface area (Å²) in [6.45, 7) is 0.905. The minimum absolute atomic E-state index is 0.0651. The minimum atomic E-state index is -1.67. The number of nitrogens with one attached hydrogen (secondary N) is 1. The molecule has 2 aliphatic rings. The van der Waals surface area contributed by atoms with E-state index in [-0.39, 0.29) is 18.9 Å². The van der Waals surface area contributed by atoms with Crippen LogP contribution in [-0.2, 0) is 9.59 Å². The standard InChI is InChI=1S/C19H15F3N2O4/c20-12-2-3-13(18(22)17(12)21)23-19(26)10-7-16(25)24(9-10)11-1-4-14-15(8-11)28-6-5-27-14/h1-4,8,10H,5-7,9H2,(H,23,26). The van der Waals surface area contributed by atoms with Gasteiger partial charge in [-0.15, -0.1) is 0 Å². The normalized spacial score (nSPS) is 18.3. The molecule has 0 aliphatic carbocycles. The molecule has 0 saturated carbocycles. The van der Waals surface area contributed by atoms with Gasteiger partial charge in [-0.05, 0) is 24.3 Å². The van der Waals surface area contributed by atoms with Gasteiger partial charge in [-0.3, -0.25) is 9.59 Å². The zero-order chi connectivity index (χ0) is 19.8. The molecule has 2 aromatic carbocycles. The van der Waals surface area contributed by atoms with E-state index in [9.17, 15) is 22.8 Å². The van der Waals surface area contributed by atoms with E-state index >= 15 is 0 Å². The highest BCUT2D eigenvalue weighted by Crippen LogP contribution is 2.36. The van der Waals surface area contributed by atoms with Gasteiger partial charge in [0.2, 0.25) is 11.8 Å². The Morgan fingerprint density at radius 3 is 2.57 bits per heavy atom. The molecule has 2 heterocycles. The van der Waals surface area contributed by atoms with Crippen molar-refractivity contribution in [3.63, 3.8) is 0 Å². The predicted octanol–water partition coefficient (Wildman–Crippen LogP) is 2.87. The summed E-state index contributed by atoms with van der Waals surface area (Å²) in [7, 11) is 0. The summed E-state index contributed by atoms with van der Waals surface area (Å²) in [6.07, 6.45) is -0.0917. The van der Waals surface area contributed by atoms with Crippen LogP contribution in [0.5, 0.6) is 11.5 Å². The van der Waals surface area contributed by atoms with Gasteiger partial charge in [0.15, 0.2) is 29.0 Å². The second-order valence-electron chi connectivity index (χ2n) is 6.45. The van der Waals surface area contributed by atoms with Gasteiger partial charge in [0.05, 0.1) is 11.6 Å². The lowest BCUT2D eigenvalue weighted by Gasteiger charge is -2.22. The summed E-state index contributed by atoms with van der Waals surface area (Å²) in [5.41, 5.74) is 0.0673. The van der Waals surface area contributed by atoms with Gasteiger partial charge in [0.25, 0.3) is 0 Å². The summed E-state index contributed by atoms with van der Waals surface area (Å²) in [5, 5.41) is 2.22. The van der Waals surface area contributed by atoms with Crippen molar-refractivity contribution in [2.75, 3.05) is 30.0 Å². The van der Waals surface area contributed by atoms with Crippen LogP contribution in [0.25, 0.3) is 0 Å². The highest BCUT2D eigenvalue weighted by molar-refractivity contribution is 6.03. The smallest absolute Gasteiger partial charge is 0.229 e. The van der Waals surface area contributed by atoms with Crippen molar-refractivity contribution in [3.05, 3.63) is 47.8 Å². The van der Waals surface area contributed by atoms with Crippen LogP contribution in [-0.4, -0.2) is 31.6 Å². The van der Waals surface area contributed by atoms with Crippen LogP contribution in [0.1, 0.15) is 6.42 Å². The van der Waals surface area contributed by atoms with Gasteiger partial charge in [-0.25, -0.2) is 13.2 Å². The SMILES string of the molecule is O=C(Nc1ccc(F)c(F)c1F)C1CC(=O)N(c2ccc3c(c2)OCCO3)C1. The first-order valence-corrected chi connectivity index (χ1v) is 8.58. The molecule has 2 aliphatic heterocycles. The number of rotatable bonds is 3. The van der Waals surface area contributed by atoms with Crippen LogP contribution < -0.4 is 19.7 Å². The number of hydrogen-bond acceptors (Lipinski definition) is 4. The molecule has 0 aromatic heterocycles. The monoisotopic (exact) mass is 392 g/mol. The van der Waals surface area contributed by atoms with Gasteiger partial charge in [0.1, 0.15) is 13.2 Å². The third kappa shape index (κ3) is 3.23. The summed E-state index contributed by atoms with van der Waals surface area (Å²) in [4.78, 5) is 26.2. The number of benzene rings is 2. The zero-order valence-electron chi connectivity index (χ0n) is 14.5. The van der Waals surface area contributed by atoms with Crippen LogP contribution in [0.2, 0.25) is 0 Å². The molecule has 1 unspecified atom stereocenters. The quantitative estimate of drug-likeness (QED) is 0.816. The van der Waals surface area contributed by atoms with Crippen LogP contribution in [0.4, 0.5) is 24.5 Å². The molecule has 9 heteroatoms. The highest BCUT2D eigenvalue weighted by atomic mass is 19.2. The molecule has 0 bridgehead atoms. The van der Waals surface area contributed by atoms with E-state index in [0.29, 0.717) is 30.4 Å². The first kappa shape index (κ1) is 18.1. The molecule has 2 amide bonds. The molecule has 28 heavy (non-hydrogen) atoms. The van der Waals surface area contributed by atoms with Crippen molar-refractivity contribution in [2.45, 2.75) is 6.42 Å². The molecular formula is C19H15F3N2O4. The Balaban J connectivity index is 1.49. The average Bonchev–Trinajstić information content (AvgIpc) is 3.10. The Morgan fingerprint density at radius 1 is 1.04 bits per heavy atom. The van der Waals surface area contributed by atoms with Crippen molar-refractivity contribution in [3.8, 4) is 11.5 Å². The number of ether oxygens (including phenoxy) is 2. The number of carbonyl (C=O) groups is 2. The number of amides is 2. The Hall–Kier alpha value is -3.23. The van der Waals surface area contributed by atoms with Crippen molar-refractivity contribution >= 4 is 23.2 Å². The number of nitrogens with zero attached hydrogens (tertiary/aromatic N) is 1. The van der Waals surface area contributed by atoms with Crippen molar-refractivity contribution in [2.24, 2.45) is 5.92 Å². The van der Waals surface area contributed by atoms with Crippen molar-refractivity contribution in [1.29, 1.82) is 0 Å². The summed E-state index contributed by atoms with van der Waals surface area (Å²) in [6, 6.07) is 6.67. The fourth-order valence-corrected chi connectivity index (χ4v) is 3.19. The van der Waals surface area contributed by atoms with E-state index in [2.05, 4.69) is 5.32 Å². The van der Waals surface area contributed by atoms with E-state index in [1.54, 1.807) is 18.2 Å². The predicted molar refractivity (Wildman–Crippen MR) is 92.8 cm³/mol. The number of fused-ring (bicyclic) bond motifs is 1. The molecule has 0 radical (unpaired) electrons. The second-order valence-corrected chi connectivity index (χ2v) is 6.45. The Labute approximate surface area is 157 Å². The lowest BCUT2D eigenvalue weighted by Crippen LogP contribution is -2.28. The van der Waals surface area contributed by atoms with Crippen LogP contribution in [0.15, 0.2) is 30.3 Å². The number of carbonyl (C=O) groups excluding carboxylic acids is 2. The van der Waals surface area contributed by atoms with Gasteiger partial charge >= 0.3 is 0 Å². The van der Waals surface area contributed by atoms with E-state index in [0.717, 1.165) is 12.1 Å². The molecule has 146 valence electrons. The van der Waals surface area contributed by atoms with Gasteiger partial charge in [-0.1, -0.05) is 0 Å². The van der Waals surface area contributed by atoms with Crippen molar-refractivity contribution < 1.29 is 32.2 Å². The fraction of sp³-hybridized carbons (Fsp3) is 0.263. The number of hydrogen-bond donors (Lipinski definition) is 1. The second kappa shape index (κ2) is 7.06. The zero-order valence-corrected chi connectivity index (χ0v) is 14.5. The molecule has 2 aromatic rings. The molecule has 0 spiro atoms. The lowest BCUT2D eigenvalue weighted by atomic mass is 10.1. The minimum Gasteiger partial charge on any atom is -0.486 e. The fourth-order valence-electron chi connectivity index (χ4n) is 3.19. The van der Waals surface area contributed by atoms with Crippen molar-refractivity contribution in [1.82, 2.24) is 0 Å². The van der Waals surface area contributed by atoms with Gasteiger partial charge in [0, 0.05) is 24.7 Å². The molecular weight excluding hydrogens is 377 g/mol. The summed E-state index contributed by atoms with van der Waals surface area (Å²) >= 11 is 0. The molecule has 1 fully saturated rings. The van der Waals surface area contributed by atoms with E-state index in [1.807, 2.05) is 0 Å². The molecule has 4 rings (SSSR count). The van der Waals surface area contributed by atoms with Gasteiger partial charge < -0.3 is 19.7 Å². The summed E-state index contributed by atoms with van der Waals surface area (Å²) < 4.78 is 51.0. The molecule has 1 atom stereocenters. The van der Waals surface area contributed by atoms with Crippen LogP contribution in [0, 0.1) is 23.4 Å². The van der Waals surface area contributed by atoms with E-state index in [4.69, 9.17) is 9.47 Å². The number of anilines is 2. The topological polar surface area (TPSA) is 67.9 Å².